The number of nitrogen functional groups attached to an aromatic ring is 1. The number of aliphatic hydroxyl groups excluding tert-OH is 1. The minimum atomic E-state index is -0.00560. The van der Waals surface area contributed by atoms with Gasteiger partial charge in [-0.15, -0.1) is 0 Å². The van der Waals surface area contributed by atoms with Crippen LogP contribution in [0.4, 0.5) is 5.69 Å². The molecule has 0 heterocycles. The van der Waals surface area contributed by atoms with Crippen LogP contribution in [-0.2, 0) is 6.61 Å². The molecule has 0 aliphatic rings. The second-order valence-electron chi connectivity index (χ2n) is 3.63. The van der Waals surface area contributed by atoms with Gasteiger partial charge in [-0.3, -0.25) is 0 Å². The van der Waals surface area contributed by atoms with E-state index in [9.17, 15) is 5.11 Å². The summed E-state index contributed by atoms with van der Waals surface area (Å²) < 4.78 is 0. The van der Waals surface area contributed by atoms with E-state index in [1.54, 1.807) is 18.2 Å². The van der Waals surface area contributed by atoms with Crippen LogP contribution in [0, 0.1) is 0 Å². The lowest BCUT2D eigenvalue weighted by Crippen LogP contribution is -1.91. The van der Waals surface area contributed by atoms with Gasteiger partial charge in [0.1, 0.15) is 5.75 Å². The van der Waals surface area contributed by atoms with Gasteiger partial charge in [-0.25, -0.2) is 0 Å². The Morgan fingerprint density at radius 1 is 1.06 bits per heavy atom. The molecule has 0 aliphatic heterocycles. The molecule has 0 unspecified atom stereocenters. The number of benzene rings is 2. The monoisotopic (exact) mass is 247 g/mol. The van der Waals surface area contributed by atoms with Crippen LogP contribution in [0.15, 0.2) is 52.3 Å². The number of phenolic OH excluding ortho intramolecular Hbond substituents is 1. The standard InChI is InChI=1S/C13H13NO2S/c14-12-7-9(8-15)1-6-13(12)17-11-4-2-10(16)3-5-11/h1-7,15-16H,8,14H2. The van der Waals surface area contributed by atoms with Crippen LogP contribution in [0.25, 0.3) is 0 Å². The molecular weight excluding hydrogens is 234 g/mol. The van der Waals surface area contributed by atoms with Gasteiger partial charge in [0.05, 0.1) is 6.61 Å². The number of hydrogen-bond donors (Lipinski definition) is 3. The summed E-state index contributed by atoms with van der Waals surface area (Å²) in [5.41, 5.74) is 7.34. The van der Waals surface area contributed by atoms with Gasteiger partial charge in [0.15, 0.2) is 0 Å². The van der Waals surface area contributed by atoms with Crippen molar-refractivity contribution in [3.8, 4) is 5.75 Å². The molecule has 4 N–H and O–H groups in total. The third kappa shape index (κ3) is 2.93. The quantitative estimate of drug-likeness (QED) is 0.729. The molecule has 2 aromatic carbocycles. The first-order chi connectivity index (χ1) is 8.19. The summed E-state index contributed by atoms with van der Waals surface area (Å²) in [6.07, 6.45) is 0. The molecule has 2 aromatic rings. The average molecular weight is 247 g/mol. The predicted octanol–water partition coefficient (Wildman–Crippen LogP) is 2.62. The maximum absolute atomic E-state index is 9.18. The van der Waals surface area contributed by atoms with Crippen molar-refractivity contribution in [2.24, 2.45) is 0 Å². The van der Waals surface area contributed by atoms with E-state index in [2.05, 4.69) is 0 Å². The minimum absolute atomic E-state index is 0.00560. The summed E-state index contributed by atoms with van der Waals surface area (Å²) >= 11 is 1.52. The smallest absolute Gasteiger partial charge is 0.115 e. The van der Waals surface area contributed by atoms with Crippen molar-refractivity contribution in [3.63, 3.8) is 0 Å². The van der Waals surface area contributed by atoms with E-state index in [-0.39, 0.29) is 12.4 Å². The topological polar surface area (TPSA) is 66.5 Å². The number of hydrogen-bond acceptors (Lipinski definition) is 4. The molecule has 3 nitrogen and oxygen atoms in total. The number of aliphatic hydroxyl groups is 1. The van der Waals surface area contributed by atoms with Crippen molar-refractivity contribution in [2.75, 3.05) is 5.73 Å². The first-order valence-corrected chi connectivity index (χ1v) is 5.97. The Kier molecular flexibility index (Phi) is 3.56. The molecular formula is C13H13NO2S. The number of anilines is 1. The molecule has 0 aliphatic carbocycles. The summed E-state index contributed by atoms with van der Waals surface area (Å²) in [7, 11) is 0. The van der Waals surface area contributed by atoms with Crippen molar-refractivity contribution in [1.29, 1.82) is 0 Å². The molecule has 0 spiro atoms. The molecule has 2 rings (SSSR count). The van der Waals surface area contributed by atoms with Gasteiger partial charge in [0.25, 0.3) is 0 Å². The number of rotatable bonds is 3. The van der Waals surface area contributed by atoms with Crippen molar-refractivity contribution in [3.05, 3.63) is 48.0 Å². The lowest BCUT2D eigenvalue weighted by molar-refractivity contribution is 0.282. The Hall–Kier alpha value is -1.65. The highest BCUT2D eigenvalue weighted by molar-refractivity contribution is 7.99. The van der Waals surface area contributed by atoms with E-state index in [0.717, 1.165) is 15.4 Å². The van der Waals surface area contributed by atoms with E-state index >= 15 is 0 Å². The highest BCUT2D eigenvalue weighted by atomic mass is 32.2. The molecule has 17 heavy (non-hydrogen) atoms. The zero-order chi connectivity index (χ0) is 12.3. The van der Waals surface area contributed by atoms with E-state index < -0.39 is 0 Å². The fourth-order valence-electron chi connectivity index (χ4n) is 1.43. The van der Waals surface area contributed by atoms with Crippen LogP contribution in [-0.4, -0.2) is 10.2 Å². The summed E-state index contributed by atoms with van der Waals surface area (Å²) in [5.74, 6) is 0.248. The number of nitrogens with two attached hydrogens (primary N) is 1. The molecule has 0 saturated carbocycles. The molecule has 0 radical (unpaired) electrons. The highest BCUT2D eigenvalue weighted by Gasteiger charge is 2.03. The van der Waals surface area contributed by atoms with Gasteiger partial charge in [-0.05, 0) is 42.0 Å². The maximum atomic E-state index is 9.18. The van der Waals surface area contributed by atoms with Crippen LogP contribution in [0.5, 0.6) is 5.75 Å². The minimum Gasteiger partial charge on any atom is -0.508 e. The molecule has 4 heteroatoms. The second-order valence-corrected chi connectivity index (χ2v) is 4.74. The SMILES string of the molecule is Nc1cc(CO)ccc1Sc1ccc(O)cc1. The van der Waals surface area contributed by atoms with Gasteiger partial charge >= 0.3 is 0 Å². The maximum Gasteiger partial charge on any atom is 0.115 e. The van der Waals surface area contributed by atoms with Crippen LogP contribution >= 0.6 is 11.8 Å². The predicted molar refractivity (Wildman–Crippen MR) is 69.0 cm³/mol. The Morgan fingerprint density at radius 2 is 1.76 bits per heavy atom. The van der Waals surface area contributed by atoms with Crippen molar-refractivity contribution >= 4 is 17.4 Å². The normalized spacial score (nSPS) is 10.4. The molecule has 0 fully saturated rings. The molecule has 0 bridgehead atoms. The third-order valence-corrected chi connectivity index (χ3v) is 3.42. The zero-order valence-corrected chi connectivity index (χ0v) is 9.95. The van der Waals surface area contributed by atoms with Crippen LogP contribution < -0.4 is 5.73 Å². The van der Waals surface area contributed by atoms with Gasteiger partial charge in [0.2, 0.25) is 0 Å². The molecule has 0 saturated heterocycles. The molecule has 0 atom stereocenters. The Labute approximate surface area is 104 Å². The first-order valence-electron chi connectivity index (χ1n) is 5.15. The number of aromatic hydroxyl groups is 1. The largest absolute Gasteiger partial charge is 0.508 e. The second kappa shape index (κ2) is 5.12. The van der Waals surface area contributed by atoms with E-state index in [1.807, 2.05) is 24.3 Å². The van der Waals surface area contributed by atoms with Crippen molar-refractivity contribution in [1.82, 2.24) is 0 Å². The Morgan fingerprint density at radius 3 is 2.35 bits per heavy atom. The summed E-state index contributed by atoms with van der Waals surface area (Å²) in [4.78, 5) is 1.94. The fraction of sp³-hybridized carbons (Fsp3) is 0.0769. The highest BCUT2D eigenvalue weighted by Crippen LogP contribution is 2.33. The summed E-state index contributed by atoms with van der Waals surface area (Å²) in [5, 5.41) is 18.2. The van der Waals surface area contributed by atoms with Crippen LogP contribution in [0.3, 0.4) is 0 Å². The summed E-state index contributed by atoms with van der Waals surface area (Å²) in [6, 6.07) is 12.4. The molecule has 0 amide bonds. The average Bonchev–Trinajstić information content (AvgIpc) is 2.34. The first kappa shape index (κ1) is 11.8. The molecule has 0 aromatic heterocycles. The summed E-state index contributed by atoms with van der Waals surface area (Å²) in [6.45, 7) is -0.00560. The van der Waals surface area contributed by atoms with Crippen LogP contribution in [0.2, 0.25) is 0 Å². The molecule has 88 valence electrons. The van der Waals surface area contributed by atoms with Gasteiger partial charge in [-0.2, -0.15) is 0 Å². The van der Waals surface area contributed by atoms with E-state index in [4.69, 9.17) is 10.8 Å². The van der Waals surface area contributed by atoms with Crippen LogP contribution in [0.1, 0.15) is 5.56 Å². The van der Waals surface area contributed by atoms with Crippen molar-refractivity contribution in [2.45, 2.75) is 16.4 Å². The fourth-order valence-corrected chi connectivity index (χ4v) is 2.27. The zero-order valence-electron chi connectivity index (χ0n) is 9.13. The van der Waals surface area contributed by atoms with Crippen molar-refractivity contribution < 1.29 is 10.2 Å². The number of phenols is 1. The third-order valence-electron chi connectivity index (χ3n) is 2.32. The van der Waals surface area contributed by atoms with Gasteiger partial charge in [-0.1, -0.05) is 17.8 Å². The lowest BCUT2D eigenvalue weighted by Gasteiger charge is -2.07. The van der Waals surface area contributed by atoms with Gasteiger partial charge in [0, 0.05) is 15.5 Å². The van der Waals surface area contributed by atoms with E-state index in [1.165, 1.54) is 11.8 Å². The lowest BCUT2D eigenvalue weighted by atomic mass is 10.2. The Bertz CT molecular complexity index is 511. The van der Waals surface area contributed by atoms with E-state index in [0.29, 0.717) is 5.69 Å². The van der Waals surface area contributed by atoms with Gasteiger partial charge < -0.3 is 15.9 Å². The Balaban J connectivity index is 2.21.